The molecule has 8 nitrogen and oxygen atoms in total. The van der Waals surface area contributed by atoms with Crippen molar-refractivity contribution in [2.24, 2.45) is 0 Å². The van der Waals surface area contributed by atoms with Gasteiger partial charge in [-0.05, 0) is 18.9 Å². The molecule has 1 aromatic carbocycles. The molecule has 0 aliphatic carbocycles. The number of hydrogen-bond donors (Lipinski definition) is 0. The van der Waals surface area contributed by atoms with Gasteiger partial charge in [0.15, 0.2) is 0 Å². The van der Waals surface area contributed by atoms with Crippen LogP contribution in [0.2, 0.25) is 0 Å². The Kier molecular flexibility index (Phi) is 4.29. The molecule has 1 atom stereocenters. The second kappa shape index (κ2) is 6.25. The van der Waals surface area contributed by atoms with E-state index in [0.29, 0.717) is 25.1 Å². The molecular weight excluding hydrogens is 332 g/mol. The standard InChI is InChI=1S/C15H16N4O4S/c1-11-2-3-13(19(20)21)8-15(11)24(22,23)18-7-4-12(10-18)14-9-16-5-6-17-14/h2-3,5-6,8-9,12H,4,7,10H2,1H3. The van der Waals surface area contributed by atoms with E-state index in [1.807, 2.05) is 0 Å². The number of nitrogens with zero attached hydrogens (tertiary/aromatic N) is 4. The molecule has 1 fully saturated rings. The Balaban J connectivity index is 1.90. The van der Waals surface area contributed by atoms with Gasteiger partial charge in [-0.1, -0.05) is 6.07 Å². The van der Waals surface area contributed by atoms with Gasteiger partial charge < -0.3 is 0 Å². The smallest absolute Gasteiger partial charge is 0.261 e. The number of hydrogen-bond acceptors (Lipinski definition) is 6. The molecule has 126 valence electrons. The van der Waals surface area contributed by atoms with Gasteiger partial charge in [-0.2, -0.15) is 4.31 Å². The van der Waals surface area contributed by atoms with Crippen LogP contribution < -0.4 is 0 Å². The predicted octanol–water partition coefficient (Wildman–Crippen LogP) is 1.87. The molecule has 1 aliphatic heterocycles. The van der Waals surface area contributed by atoms with Crippen molar-refractivity contribution >= 4 is 15.7 Å². The lowest BCUT2D eigenvalue weighted by Gasteiger charge is -2.17. The van der Waals surface area contributed by atoms with Crippen LogP contribution in [0.4, 0.5) is 5.69 Å². The van der Waals surface area contributed by atoms with Crippen molar-refractivity contribution in [1.29, 1.82) is 0 Å². The highest BCUT2D eigenvalue weighted by Gasteiger charge is 2.35. The zero-order valence-electron chi connectivity index (χ0n) is 13.0. The number of rotatable bonds is 4. The van der Waals surface area contributed by atoms with Gasteiger partial charge in [-0.3, -0.25) is 20.1 Å². The van der Waals surface area contributed by atoms with E-state index in [1.54, 1.807) is 25.5 Å². The molecule has 1 unspecified atom stereocenters. The molecule has 0 amide bonds. The first-order valence-electron chi connectivity index (χ1n) is 7.40. The van der Waals surface area contributed by atoms with Gasteiger partial charge in [0, 0.05) is 49.7 Å². The minimum atomic E-state index is -3.79. The van der Waals surface area contributed by atoms with Crippen LogP contribution in [-0.2, 0) is 10.0 Å². The summed E-state index contributed by atoms with van der Waals surface area (Å²) in [7, 11) is -3.79. The van der Waals surface area contributed by atoms with Crippen LogP contribution in [0, 0.1) is 17.0 Å². The van der Waals surface area contributed by atoms with Gasteiger partial charge in [0.1, 0.15) is 0 Å². The van der Waals surface area contributed by atoms with Crippen LogP contribution in [0.5, 0.6) is 0 Å². The summed E-state index contributed by atoms with van der Waals surface area (Å²) >= 11 is 0. The molecule has 0 radical (unpaired) electrons. The van der Waals surface area contributed by atoms with Crippen molar-refractivity contribution in [3.8, 4) is 0 Å². The van der Waals surface area contributed by atoms with Crippen LogP contribution >= 0.6 is 0 Å². The van der Waals surface area contributed by atoms with Gasteiger partial charge in [-0.15, -0.1) is 0 Å². The molecule has 1 saturated heterocycles. The number of benzene rings is 1. The summed E-state index contributed by atoms with van der Waals surface area (Å²) in [5.41, 5.74) is 1.01. The summed E-state index contributed by atoms with van der Waals surface area (Å²) in [4.78, 5) is 18.6. The number of aromatic nitrogens is 2. The molecule has 1 aromatic heterocycles. The maximum absolute atomic E-state index is 12.9. The molecule has 0 saturated carbocycles. The molecular formula is C15H16N4O4S. The summed E-state index contributed by atoms with van der Waals surface area (Å²) < 4.78 is 27.1. The molecule has 2 aromatic rings. The van der Waals surface area contributed by atoms with E-state index >= 15 is 0 Å². The maximum Gasteiger partial charge on any atom is 0.270 e. The van der Waals surface area contributed by atoms with E-state index in [0.717, 1.165) is 11.8 Å². The average molecular weight is 348 g/mol. The molecule has 0 N–H and O–H groups in total. The number of sulfonamides is 1. The zero-order valence-corrected chi connectivity index (χ0v) is 13.8. The SMILES string of the molecule is Cc1ccc([N+](=O)[O-])cc1S(=O)(=O)N1CCC(c2cnccn2)C1. The minimum absolute atomic E-state index is 0.0171. The van der Waals surface area contributed by atoms with E-state index in [1.165, 1.54) is 16.4 Å². The number of non-ortho nitro benzene ring substituents is 1. The fourth-order valence-corrected chi connectivity index (χ4v) is 4.57. The van der Waals surface area contributed by atoms with Gasteiger partial charge in [0.25, 0.3) is 5.69 Å². The van der Waals surface area contributed by atoms with E-state index in [9.17, 15) is 18.5 Å². The van der Waals surface area contributed by atoms with Gasteiger partial charge >= 0.3 is 0 Å². The van der Waals surface area contributed by atoms with E-state index in [-0.39, 0.29) is 16.5 Å². The lowest BCUT2D eigenvalue weighted by molar-refractivity contribution is -0.385. The molecule has 3 rings (SSSR count). The average Bonchev–Trinajstić information content (AvgIpc) is 3.06. The van der Waals surface area contributed by atoms with Crippen molar-refractivity contribution < 1.29 is 13.3 Å². The van der Waals surface area contributed by atoms with Crippen molar-refractivity contribution in [2.75, 3.05) is 13.1 Å². The summed E-state index contributed by atoms with van der Waals surface area (Å²) in [5, 5.41) is 10.9. The molecule has 9 heteroatoms. The Morgan fingerprint density at radius 3 is 2.79 bits per heavy atom. The lowest BCUT2D eigenvalue weighted by Crippen LogP contribution is -2.29. The largest absolute Gasteiger partial charge is 0.270 e. The third-order valence-electron chi connectivity index (χ3n) is 4.15. The molecule has 24 heavy (non-hydrogen) atoms. The summed E-state index contributed by atoms with van der Waals surface area (Å²) in [5.74, 6) is -0.0209. The van der Waals surface area contributed by atoms with Crippen LogP contribution in [0.25, 0.3) is 0 Å². The lowest BCUT2D eigenvalue weighted by atomic mass is 10.1. The van der Waals surface area contributed by atoms with Crippen LogP contribution in [0.3, 0.4) is 0 Å². The van der Waals surface area contributed by atoms with E-state index < -0.39 is 14.9 Å². The Morgan fingerprint density at radius 1 is 1.33 bits per heavy atom. The van der Waals surface area contributed by atoms with E-state index in [2.05, 4.69) is 9.97 Å². The summed E-state index contributed by atoms with van der Waals surface area (Å²) in [6.07, 6.45) is 5.43. The number of nitro benzene ring substituents is 1. The Hall–Kier alpha value is -2.39. The van der Waals surface area contributed by atoms with Crippen LogP contribution in [0.15, 0.2) is 41.7 Å². The second-order valence-corrected chi connectivity index (χ2v) is 7.59. The molecule has 1 aliphatic rings. The van der Waals surface area contributed by atoms with Gasteiger partial charge in [0.05, 0.1) is 15.5 Å². The van der Waals surface area contributed by atoms with Crippen LogP contribution in [-0.4, -0.2) is 40.7 Å². The first-order valence-corrected chi connectivity index (χ1v) is 8.84. The van der Waals surface area contributed by atoms with Crippen LogP contribution in [0.1, 0.15) is 23.6 Å². The monoisotopic (exact) mass is 348 g/mol. The van der Waals surface area contributed by atoms with Crippen molar-refractivity contribution in [1.82, 2.24) is 14.3 Å². The minimum Gasteiger partial charge on any atom is -0.261 e. The molecule has 0 spiro atoms. The first kappa shape index (κ1) is 16.5. The number of aryl methyl sites for hydroxylation is 1. The highest BCUT2D eigenvalue weighted by molar-refractivity contribution is 7.89. The summed E-state index contributed by atoms with van der Waals surface area (Å²) in [6.45, 7) is 2.28. The maximum atomic E-state index is 12.9. The topological polar surface area (TPSA) is 106 Å². The third-order valence-corrected chi connectivity index (χ3v) is 6.16. The fourth-order valence-electron chi connectivity index (χ4n) is 2.83. The van der Waals surface area contributed by atoms with Gasteiger partial charge in [0.2, 0.25) is 10.0 Å². The first-order chi connectivity index (χ1) is 11.4. The Morgan fingerprint density at radius 2 is 2.12 bits per heavy atom. The molecule has 0 bridgehead atoms. The normalized spacial score (nSPS) is 18.6. The predicted molar refractivity (Wildman–Crippen MR) is 86.0 cm³/mol. The Labute approximate surface area is 139 Å². The van der Waals surface area contributed by atoms with Crippen molar-refractivity contribution in [3.05, 3.63) is 58.2 Å². The Bertz CT molecular complexity index is 870. The third kappa shape index (κ3) is 3.00. The quantitative estimate of drug-likeness (QED) is 0.617. The number of nitro groups is 1. The van der Waals surface area contributed by atoms with Crippen molar-refractivity contribution in [3.63, 3.8) is 0 Å². The zero-order chi connectivity index (χ0) is 17.3. The molecule has 2 heterocycles. The second-order valence-electron chi connectivity index (χ2n) is 5.69. The van der Waals surface area contributed by atoms with Gasteiger partial charge in [-0.25, -0.2) is 8.42 Å². The van der Waals surface area contributed by atoms with Crippen molar-refractivity contribution in [2.45, 2.75) is 24.2 Å². The highest BCUT2D eigenvalue weighted by atomic mass is 32.2. The van der Waals surface area contributed by atoms with E-state index in [4.69, 9.17) is 0 Å². The summed E-state index contributed by atoms with van der Waals surface area (Å²) in [6, 6.07) is 3.89. The fraction of sp³-hybridized carbons (Fsp3) is 0.333. The highest BCUT2D eigenvalue weighted by Crippen LogP contribution is 2.32.